The van der Waals surface area contributed by atoms with Crippen LogP contribution in [0.2, 0.25) is 0 Å². The Labute approximate surface area is 117 Å². The van der Waals surface area contributed by atoms with E-state index >= 15 is 0 Å². The smallest absolute Gasteiger partial charge is 0.317 e. The molecule has 1 rings (SSSR count). The van der Waals surface area contributed by atoms with Crippen molar-refractivity contribution in [3.8, 4) is 23.3 Å². The van der Waals surface area contributed by atoms with Gasteiger partial charge >= 0.3 is 5.97 Å². The molecule has 1 aromatic carbocycles. The summed E-state index contributed by atoms with van der Waals surface area (Å²) in [5.41, 5.74) is 0.916. The van der Waals surface area contributed by atoms with Crippen LogP contribution in [0.15, 0.2) is 12.1 Å². The molecular weight excluding hydrogens is 260 g/mol. The van der Waals surface area contributed by atoms with Gasteiger partial charge in [-0.15, -0.1) is 0 Å². The highest BCUT2D eigenvalue weighted by atomic mass is 16.5. The molecule has 0 aliphatic carbocycles. The molecule has 0 saturated heterocycles. The van der Waals surface area contributed by atoms with Gasteiger partial charge in [0.15, 0.2) is 0 Å². The Hall–Kier alpha value is -2.48. The van der Waals surface area contributed by atoms with E-state index in [4.69, 9.17) is 14.2 Å². The molecule has 0 spiro atoms. The van der Waals surface area contributed by atoms with E-state index in [-0.39, 0.29) is 12.4 Å². The third kappa shape index (κ3) is 4.02. The Balaban J connectivity index is 3.07. The maximum absolute atomic E-state index is 11.2. The van der Waals surface area contributed by atoms with Crippen molar-refractivity contribution in [2.75, 3.05) is 20.8 Å². The summed E-state index contributed by atoms with van der Waals surface area (Å²) in [4.78, 5) is 22.0. The molecule has 0 radical (unpaired) electrons. The third-order valence-corrected chi connectivity index (χ3v) is 2.42. The predicted octanol–water partition coefficient (Wildman–Crippen LogP) is 1.82. The molecule has 5 nitrogen and oxygen atoms in total. The van der Waals surface area contributed by atoms with Crippen LogP contribution in [0.25, 0.3) is 0 Å². The summed E-state index contributed by atoms with van der Waals surface area (Å²) in [6.07, 6.45) is 0.677. The molecule has 106 valence electrons. The van der Waals surface area contributed by atoms with Crippen LogP contribution in [0.3, 0.4) is 0 Å². The number of esters is 1. The van der Waals surface area contributed by atoms with Crippen LogP contribution in [0.1, 0.15) is 29.3 Å². The van der Waals surface area contributed by atoms with Crippen molar-refractivity contribution < 1.29 is 23.8 Å². The normalized spacial score (nSPS) is 9.15. The number of hydrogen-bond donors (Lipinski definition) is 0. The Bertz CT molecular complexity index is 526. The van der Waals surface area contributed by atoms with Crippen molar-refractivity contribution in [3.63, 3.8) is 0 Å². The number of hydrogen-bond acceptors (Lipinski definition) is 5. The Morgan fingerprint density at radius 1 is 1.25 bits per heavy atom. The van der Waals surface area contributed by atoms with Crippen molar-refractivity contribution >= 4 is 12.3 Å². The van der Waals surface area contributed by atoms with Crippen molar-refractivity contribution in [2.24, 2.45) is 0 Å². The monoisotopic (exact) mass is 276 g/mol. The van der Waals surface area contributed by atoms with Gasteiger partial charge in [-0.25, -0.2) is 0 Å². The van der Waals surface area contributed by atoms with Crippen LogP contribution < -0.4 is 9.47 Å². The number of aldehydes is 1. The largest absolute Gasteiger partial charge is 0.495 e. The van der Waals surface area contributed by atoms with Gasteiger partial charge in [0.05, 0.1) is 20.8 Å². The standard InChI is InChI=1S/C15H16O5/c1-4-20-15(17)7-5-6-12-13(18-2)8-11(10-16)9-14(12)19-3/h8-10H,4,7H2,1-3H3. The Kier molecular flexibility index (Phi) is 6.11. The van der Waals surface area contributed by atoms with Gasteiger partial charge in [0, 0.05) is 5.56 Å². The molecule has 0 atom stereocenters. The molecule has 0 aliphatic rings. The van der Waals surface area contributed by atoms with E-state index in [1.807, 2.05) is 0 Å². The van der Waals surface area contributed by atoms with E-state index in [1.165, 1.54) is 14.2 Å². The Morgan fingerprint density at radius 2 is 1.85 bits per heavy atom. The van der Waals surface area contributed by atoms with Crippen LogP contribution in [-0.2, 0) is 9.53 Å². The highest BCUT2D eigenvalue weighted by Gasteiger charge is 2.10. The van der Waals surface area contributed by atoms with Crippen LogP contribution >= 0.6 is 0 Å². The minimum Gasteiger partial charge on any atom is -0.495 e. The Morgan fingerprint density at radius 3 is 2.30 bits per heavy atom. The summed E-state index contributed by atoms with van der Waals surface area (Å²) in [5.74, 6) is 5.96. The molecular formula is C15H16O5. The minimum atomic E-state index is -0.387. The van der Waals surface area contributed by atoms with Crippen molar-refractivity contribution in [1.82, 2.24) is 0 Å². The molecule has 0 amide bonds. The molecule has 20 heavy (non-hydrogen) atoms. The highest BCUT2D eigenvalue weighted by Crippen LogP contribution is 2.29. The fourth-order valence-corrected chi connectivity index (χ4v) is 1.54. The fraction of sp³-hybridized carbons (Fsp3) is 0.333. The van der Waals surface area contributed by atoms with E-state index in [0.29, 0.717) is 35.5 Å². The van der Waals surface area contributed by atoms with Crippen molar-refractivity contribution in [2.45, 2.75) is 13.3 Å². The second kappa shape index (κ2) is 7.85. The third-order valence-electron chi connectivity index (χ3n) is 2.42. The molecule has 0 bridgehead atoms. The zero-order chi connectivity index (χ0) is 15.0. The first-order chi connectivity index (χ1) is 9.65. The van der Waals surface area contributed by atoms with Gasteiger partial charge in [-0.1, -0.05) is 11.8 Å². The van der Waals surface area contributed by atoms with Gasteiger partial charge < -0.3 is 14.2 Å². The quantitative estimate of drug-likeness (QED) is 0.466. The van der Waals surface area contributed by atoms with E-state index in [0.717, 1.165) is 0 Å². The number of methoxy groups -OCH3 is 2. The lowest BCUT2D eigenvalue weighted by Crippen LogP contribution is -2.02. The average Bonchev–Trinajstić information content (AvgIpc) is 2.47. The lowest BCUT2D eigenvalue weighted by atomic mass is 10.1. The SMILES string of the molecule is CCOC(=O)CC#Cc1c(OC)cc(C=O)cc1OC. The van der Waals surface area contributed by atoms with Gasteiger partial charge in [0.1, 0.15) is 29.8 Å². The predicted molar refractivity (Wildman–Crippen MR) is 73.1 cm³/mol. The van der Waals surface area contributed by atoms with Crippen molar-refractivity contribution in [1.29, 1.82) is 0 Å². The summed E-state index contributed by atoms with van der Waals surface area (Å²) in [6.45, 7) is 2.05. The molecule has 0 aliphatic heterocycles. The number of benzene rings is 1. The maximum Gasteiger partial charge on any atom is 0.317 e. The van der Waals surface area contributed by atoms with Crippen LogP contribution in [0, 0.1) is 11.8 Å². The van der Waals surface area contributed by atoms with E-state index in [1.54, 1.807) is 19.1 Å². The van der Waals surface area contributed by atoms with Crippen LogP contribution in [0.4, 0.5) is 0 Å². The van der Waals surface area contributed by atoms with Gasteiger partial charge in [-0.2, -0.15) is 0 Å². The molecule has 1 aromatic rings. The molecule has 0 saturated carbocycles. The molecule has 0 N–H and O–H groups in total. The van der Waals surface area contributed by atoms with Gasteiger partial charge in [0.25, 0.3) is 0 Å². The summed E-state index contributed by atoms with van der Waals surface area (Å²) in [6, 6.07) is 3.12. The summed E-state index contributed by atoms with van der Waals surface area (Å²) in [5, 5.41) is 0. The molecule has 0 fully saturated rings. The number of rotatable bonds is 5. The first kappa shape index (κ1) is 15.6. The minimum absolute atomic E-state index is 0.0183. The average molecular weight is 276 g/mol. The first-order valence-corrected chi connectivity index (χ1v) is 6.01. The number of carbonyl (C=O) groups excluding carboxylic acids is 2. The van der Waals surface area contributed by atoms with E-state index in [9.17, 15) is 9.59 Å². The number of ether oxygens (including phenoxy) is 3. The summed E-state index contributed by atoms with van der Waals surface area (Å²) in [7, 11) is 2.94. The topological polar surface area (TPSA) is 61.8 Å². The highest BCUT2D eigenvalue weighted by molar-refractivity contribution is 5.79. The second-order valence-electron chi connectivity index (χ2n) is 3.70. The lowest BCUT2D eigenvalue weighted by Gasteiger charge is -2.09. The summed E-state index contributed by atoms with van der Waals surface area (Å²) < 4.78 is 15.1. The molecule has 0 unspecified atom stereocenters. The molecule has 0 heterocycles. The molecule has 5 heteroatoms. The van der Waals surface area contributed by atoms with E-state index in [2.05, 4.69) is 11.8 Å². The number of carbonyl (C=O) groups is 2. The fourth-order valence-electron chi connectivity index (χ4n) is 1.54. The van der Waals surface area contributed by atoms with E-state index < -0.39 is 0 Å². The lowest BCUT2D eigenvalue weighted by molar-refractivity contribution is -0.141. The van der Waals surface area contributed by atoms with Crippen LogP contribution in [0.5, 0.6) is 11.5 Å². The summed E-state index contributed by atoms with van der Waals surface area (Å²) >= 11 is 0. The van der Waals surface area contributed by atoms with Gasteiger partial charge in [0.2, 0.25) is 0 Å². The van der Waals surface area contributed by atoms with Crippen LogP contribution in [-0.4, -0.2) is 33.1 Å². The maximum atomic E-state index is 11.2. The molecule has 0 aromatic heterocycles. The van der Waals surface area contributed by atoms with Gasteiger partial charge in [-0.3, -0.25) is 9.59 Å². The second-order valence-corrected chi connectivity index (χ2v) is 3.70. The zero-order valence-electron chi connectivity index (χ0n) is 11.7. The first-order valence-electron chi connectivity index (χ1n) is 6.01. The van der Waals surface area contributed by atoms with Crippen molar-refractivity contribution in [3.05, 3.63) is 23.3 Å². The zero-order valence-corrected chi connectivity index (χ0v) is 11.7. The van der Waals surface area contributed by atoms with Gasteiger partial charge in [-0.05, 0) is 19.1 Å².